The minimum atomic E-state index is -5.41. The molecule has 18 nitrogen and oxygen atoms in total. The van der Waals surface area contributed by atoms with Gasteiger partial charge in [0, 0.05) is 19.0 Å². The lowest BCUT2D eigenvalue weighted by molar-refractivity contribution is -0.161. The molecule has 0 radical (unpaired) electrons. The molecular formula is C43H79N3O15P2. The van der Waals surface area contributed by atoms with E-state index in [1.807, 2.05) is 0 Å². The van der Waals surface area contributed by atoms with Crippen molar-refractivity contribution >= 4 is 33.4 Å². The van der Waals surface area contributed by atoms with Crippen molar-refractivity contribution in [3.63, 3.8) is 0 Å². The van der Waals surface area contributed by atoms with E-state index in [0.29, 0.717) is 18.8 Å². The van der Waals surface area contributed by atoms with Crippen LogP contribution in [0.15, 0.2) is 17.1 Å². The van der Waals surface area contributed by atoms with Crippen molar-refractivity contribution in [1.29, 1.82) is 0 Å². The summed E-state index contributed by atoms with van der Waals surface area (Å²) < 4.78 is 56.6. The van der Waals surface area contributed by atoms with Crippen LogP contribution in [0.1, 0.15) is 182 Å². The second kappa shape index (κ2) is 31.6. The molecule has 0 aromatic carbocycles. The maximum absolute atomic E-state index is 12.8. The van der Waals surface area contributed by atoms with E-state index in [1.165, 1.54) is 70.3 Å². The van der Waals surface area contributed by atoms with E-state index in [2.05, 4.69) is 37.0 Å². The summed E-state index contributed by atoms with van der Waals surface area (Å²) in [5.41, 5.74) is 4.58. The molecular weight excluding hydrogens is 860 g/mol. The molecule has 1 aromatic heterocycles. The smallest absolute Gasteiger partial charge is 0.462 e. The molecule has 0 aliphatic carbocycles. The Balaban J connectivity index is 1.81. The second-order valence-corrected chi connectivity index (χ2v) is 20.4. The van der Waals surface area contributed by atoms with E-state index in [0.717, 1.165) is 74.5 Å². The number of esters is 2. The predicted octanol–water partition coefficient (Wildman–Crippen LogP) is 8.43. The fourth-order valence-corrected chi connectivity index (χ4v) is 9.23. The summed E-state index contributed by atoms with van der Waals surface area (Å²) in [7, 11) is -10.8. The highest BCUT2D eigenvalue weighted by Crippen LogP contribution is 2.60. The first-order valence-corrected chi connectivity index (χ1v) is 26.3. The third-order valence-electron chi connectivity index (χ3n) is 11.2. The minimum Gasteiger partial charge on any atom is -0.462 e. The normalized spacial score (nSPS) is 20.6. The summed E-state index contributed by atoms with van der Waals surface area (Å²) >= 11 is 0. The Kier molecular flexibility index (Phi) is 28.6. The molecule has 1 aromatic rings. The largest absolute Gasteiger partial charge is 0.481 e. The van der Waals surface area contributed by atoms with Gasteiger partial charge in [-0.15, -0.1) is 0 Å². The number of anilines is 1. The highest BCUT2D eigenvalue weighted by atomic mass is 31.3. The Hall–Kier alpha value is -2.24. The lowest BCUT2D eigenvalue weighted by Crippen LogP contribution is -2.36. The molecule has 0 saturated carbocycles. The predicted molar refractivity (Wildman–Crippen MR) is 238 cm³/mol. The van der Waals surface area contributed by atoms with Crippen LogP contribution in [0.25, 0.3) is 0 Å². The molecule has 1 fully saturated rings. The van der Waals surface area contributed by atoms with Crippen LogP contribution in [0.4, 0.5) is 5.82 Å². The zero-order chi connectivity index (χ0) is 46.7. The SMILES string of the molecule is CCC(C)CCCCCCCCC(=O)O[C@H](COC(=O)CCCCCCCCCCCCCCC(C)C)COP(=O)(O)OP(=O)(O)OC[C@H]1O[C@@H](n2ccc(N)nc2=O)C(O)[C@H]1O. The van der Waals surface area contributed by atoms with Crippen LogP contribution in [-0.2, 0) is 46.3 Å². The molecule has 2 rings (SSSR count). The van der Waals surface area contributed by atoms with Crippen molar-refractivity contribution in [3.8, 4) is 0 Å². The van der Waals surface area contributed by atoms with Crippen LogP contribution in [0.2, 0.25) is 0 Å². The van der Waals surface area contributed by atoms with Gasteiger partial charge in [0.25, 0.3) is 0 Å². The maximum Gasteiger partial charge on any atom is 0.481 e. The molecule has 4 unspecified atom stereocenters. The zero-order valence-corrected chi connectivity index (χ0v) is 40.0. The molecule has 20 heteroatoms. The number of carbonyl (C=O) groups excluding carboxylic acids is 2. The number of aliphatic hydroxyl groups is 2. The van der Waals surface area contributed by atoms with E-state index in [-0.39, 0.29) is 18.7 Å². The second-order valence-electron chi connectivity index (χ2n) is 17.3. The molecule has 0 spiro atoms. The number of ether oxygens (including phenoxy) is 3. The number of aromatic nitrogens is 2. The van der Waals surface area contributed by atoms with Gasteiger partial charge < -0.3 is 39.9 Å². The number of hydrogen-bond acceptors (Lipinski definition) is 15. The fraction of sp³-hybridized carbons (Fsp3) is 0.860. The van der Waals surface area contributed by atoms with E-state index < -0.39 is 83.7 Å². The van der Waals surface area contributed by atoms with Gasteiger partial charge in [0.15, 0.2) is 12.3 Å². The first-order chi connectivity index (χ1) is 29.9. The van der Waals surface area contributed by atoms with Crippen LogP contribution >= 0.6 is 15.6 Å². The van der Waals surface area contributed by atoms with Gasteiger partial charge in [0.05, 0.1) is 13.2 Å². The Morgan fingerprint density at radius 2 is 1.27 bits per heavy atom. The third kappa shape index (κ3) is 25.9. The number of nitrogens with zero attached hydrogens (tertiary/aromatic N) is 2. The van der Waals surface area contributed by atoms with Gasteiger partial charge in [-0.05, 0) is 30.7 Å². The van der Waals surface area contributed by atoms with Gasteiger partial charge in [-0.2, -0.15) is 9.29 Å². The van der Waals surface area contributed by atoms with Crippen molar-refractivity contribution in [3.05, 3.63) is 22.7 Å². The Bertz CT molecular complexity index is 1580. The summed E-state index contributed by atoms with van der Waals surface area (Å²) in [5, 5.41) is 20.8. The first kappa shape index (κ1) is 56.9. The summed E-state index contributed by atoms with van der Waals surface area (Å²) in [4.78, 5) is 61.6. The van der Waals surface area contributed by atoms with Gasteiger partial charge >= 0.3 is 33.3 Å². The zero-order valence-electron chi connectivity index (χ0n) is 38.2. The number of nitrogens with two attached hydrogens (primary N) is 1. The minimum absolute atomic E-state index is 0.0524. The quantitative estimate of drug-likeness (QED) is 0.0238. The maximum atomic E-state index is 12.8. The number of unbranched alkanes of at least 4 members (excludes halogenated alkanes) is 16. The van der Waals surface area contributed by atoms with Crippen molar-refractivity contribution in [1.82, 2.24) is 9.55 Å². The van der Waals surface area contributed by atoms with Gasteiger partial charge in [-0.25, -0.2) is 13.9 Å². The first-order valence-electron chi connectivity index (χ1n) is 23.3. The number of phosphoric ester groups is 2. The van der Waals surface area contributed by atoms with Crippen LogP contribution < -0.4 is 11.4 Å². The van der Waals surface area contributed by atoms with Crippen LogP contribution in [0, 0.1) is 11.8 Å². The number of rotatable bonds is 37. The molecule has 1 aliphatic rings. The van der Waals surface area contributed by atoms with Gasteiger partial charge in [0.1, 0.15) is 30.7 Å². The Morgan fingerprint density at radius 3 is 1.81 bits per heavy atom. The summed E-state index contributed by atoms with van der Waals surface area (Å²) in [6.07, 6.45) is 16.6. The van der Waals surface area contributed by atoms with Gasteiger partial charge in [-0.1, -0.05) is 150 Å². The number of carbonyl (C=O) groups is 2. The molecule has 1 aliphatic heterocycles. The Labute approximate surface area is 374 Å². The highest BCUT2D eigenvalue weighted by Gasteiger charge is 2.46. The van der Waals surface area contributed by atoms with Crippen LogP contribution in [-0.4, -0.2) is 85.7 Å². The number of aliphatic hydroxyl groups excluding tert-OH is 2. The van der Waals surface area contributed by atoms with E-state index in [9.17, 15) is 43.5 Å². The lowest BCUT2D eigenvalue weighted by Gasteiger charge is -2.21. The average molecular weight is 940 g/mol. The standard InChI is InChI=1S/C43H79N3O15P2/c1-5-34(4)25-21-17-14-15-19-23-27-39(48)59-35(30-56-38(47)26-22-18-13-11-9-7-6-8-10-12-16-20-24-33(2)3)31-57-62(52,53)61-63(54,55)58-32-36-40(49)41(50)42(60-36)46-29-28-37(44)45-43(46)51/h28-29,33-36,40-42,49-50H,5-27,30-32H2,1-4H3,(H,52,53)(H,54,55)(H2,44,45,51)/t34?,35-,36-,40+,41?,42-/m1/s1. The summed E-state index contributed by atoms with van der Waals surface area (Å²) in [6.45, 7) is 6.69. The number of nitrogen functional groups attached to an aromatic ring is 1. The van der Waals surface area contributed by atoms with E-state index in [1.54, 1.807) is 0 Å². The van der Waals surface area contributed by atoms with Crippen LogP contribution in [0.3, 0.4) is 0 Å². The van der Waals surface area contributed by atoms with E-state index >= 15 is 0 Å². The molecule has 1 saturated heterocycles. The molecule has 366 valence electrons. The lowest BCUT2D eigenvalue weighted by atomic mass is 10.00. The number of phosphoric acid groups is 2. The molecule has 63 heavy (non-hydrogen) atoms. The van der Waals surface area contributed by atoms with Crippen molar-refractivity contribution in [2.24, 2.45) is 11.8 Å². The monoisotopic (exact) mass is 939 g/mol. The molecule has 0 bridgehead atoms. The van der Waals surface area contributed by atoms with Gasteiger partial charge in [0.2, 0.25) is 0 Å². The highest BCUT2D eigenvalue weighted by molar-refractivity contribution is 7.61. The molecule has 2 heterocycles. The van der Waals surface area contributed by atoms with Gasteiger partial charge in [-0.3, -0.25) is 23.2 Å². The molecule has 0 amide bonds. The summed E-state index contributed by atoms with van der Waals surface area (Å²) in [5.74, 6) is 0.204. The molecule has 8 atom stereocenters. The van der Waals surface area contributed by atoms with E-state index in [4.69, 9.17) is 29.0 Å². The third-order valence-corrected chi connectivity index (χ3v) is 13.8. The van der Waals surface area contributed by atoms with Crippen molar-refractivity contribution in [2.45, 2.75) is 206 Å². The topological polar surface area (TPSA) is 265 Å². The fourth-order valence-electron chi connectivity index (χ4n) is 7.12. The summed E-state index contributed by atoms with van der Waals surface area (Å²) in [6, 6.07) is 1.25. The van der Waals surface area contributed by atoms with Crippen molar-refractivity contribution in [2.75, 3.05) is 25.6 Å². The molecule has 6 N–H and O–H groups in total. The van der Waals surface area contributed by atoms with Crippen molar-refractivity contribution < 1.29 is 66.3 Å². The Morgan fingerprint density at radius 1 is 0.762 bits per heavy atom. The number of hydrogen-bond donors (Lipinski definition) is 5. The van der Waals surface area contributed by atoms with Crippen LogP contribution in [0.5, 0.6) is 0 Å². The average Bonchev–Trinajstić information content (AvgIpc) is 3.50.